The normalized spacial score (nSPS) is 18.5. The lowest BCUT2D eigenvalue weighted by Gasteiger charge is -2.33. The summed E-state index contributed by atoms with van der Waals surface area (Å²) in [5, 5.41) is 13.2. The molecule has 6 heteroatoms. The van der Waals surface area contributed by atoms with Gasteiger partial charge in [-0.1, -0.05) is 5.16 Å². The van der Waals surface area contributed by atoms with Gasteiger partial charge in [0.05, 0.1) is 5.56 Å². The van der Waals surface area contributed by atoms with E-state index in [1.807, 2.05) is 6.07 Å². The number of piperidine rings is 1. The molecule has 1 atom stereocenters. The first-order chi connectivity index (χ1) is 10.3. The van der Waals surface area contributed by atoms with Crippen LogP contribution in [-0.2, 0) is 6.42 Å². The molecule has 1 saturated heterocycles. The molecule has 2 aromatic heterocycles. The fraction of sp³-hybridized carbons (Fsp3) is 0.467. The maximum absolute atomic E-state index is 9.20. The first kappa shape index (κ1) is 13.6. The van der Waals surface area contributed by atoms with Crippen LogP contribution < -0.4 is 4.90 Å². The van der Waals surface area contributed by atoms with Gasteiger partial charge in [-0.05, 0) is 30.9 Å². The molecule has 3 rings (SSSR count). The summed E-state index contributed by atoms with van der Waals surface area (Å²) >= 11 is 0. The molecule has 1 unspecified atom stereocenters. The Morgan fingerprint density at radius 1 is 1.52 bits per heavy atom. The highest BCUT2D eigenvalue weighted by atomic mass is 16.5. The minimum Gasteiger partial charge on any atom is -0.355 e. The fourth-order valence-electron chi connectivity index (χ4n) is 2.84. The van der Waals surface area contributed by atoms with Crippen LogP contribution in [0.1, 0.15) is 30.1 Å². The molecular weight excluding hydrogens is 266 g/mol. The third-order valence-corrected chi connectivity index (χ3v) is 3.77. The molecule has 0 N–H and O–H groups in total. The van der Waals surface area contributed by atoms with Gasteiger partial charge in [-0.3, -0.25) is 0 Å². The van der Waals surface area contributed by atoms with Crippen molar-refractivity contribution in [2.75, 3.05) is 18.0 Å². The molecular formula is C15H17N5O. The number of nitrogens with zero attached hydrogens (tertiary/aromatic N) is 5. The number of hydrogen-bond donors (Lipinski definition) is 0. The van der Waals surface area contributed by atoms with Crippen molar-refractivity contribution in [1.82, 2.24) is 15.1 Å². The smallest absolute Gasteiger partial charge is 0.223 e. The monoisotopic (exact) mass is 283 g/mol. The fourth-order valence-corrected chi connectivity index (χ4v) is 2.84. The van der Waals surface area contributed by atoms with Crippen LogP contribution in [0.5, 0.6) is 0 Å². The predicted octanol–water partition coefficient (Wildman–Crippen LogP) is 2.10. The lowest BCUT2D eigenvalue weighted by molar-refractivity contribution is 0.369. The minimum atomic E-state index is 0.462. The number of aromatic nitrogens is 3. The van der Waals surface area contributed by atoms with Crippen molar-refractivity contribution < 1.29 is 4.52 Å². The van der Waals surface area contributed by atoms with Crippen molar-refractivity contribution in [3.05, 3.63) is 35.6 Å². The summed E-state index contributed by atoms with van der Waals surface area (Å²) in [5.74, 6) is 2.62. The Morgan fingerprint density at radius 2 is 2.43 bits per heavy atom. The highest BCUT2D eigenvalue weighted by molar-refractivity contribution is 5.53. The zero-order valence-corrected chi connectivity index (χ0v) is 12.0. The molecule has 108 valence electrons. The molecule has 0 aliphatic carbocycles. The van der Waals surface area contributed by atoms with Gasteiger partial charge in [0.15, 0.2) is 5.82 Å². The van der Waals surface area contributed by atoms with Gasteiger partial charge in [0, 0.05) is 32.6 Å². The summed E-state index contributed by atoms with van der Waals surface area (Å²) in [6.07, 6.45) is 4.77. The lowest BCUT2D eigenvalue weighted by Crippen LogP contribution is -2.37. The van der Waals surface area contributed by atoms with Crippen molar-refractivity contribution in [3.8, 4) is 6.07 Å². The summed E-state index contributed by atoms with van der Waals surface area (Å²) in [5.41, 5.74) is 0.633. The Bertz CT molecular complexity index is 660. The number of aryl methyl sites for hydroxylation is 1. The van der Waals surface area contributed by atoms with E-state index >= 15 is 0 Å². The van der Waals surface area contributed by atoms with E-state index in [2.05, 4.69) is 26.1 Å². The molecule has 1 aliphatic rings. The van der Waals surface area contributed by atoms with Gasteiger partial charge in [-0.15, -0.1) is 0 Å². The Balaban J connectivity index is 1.72. The summed E-state index contributed by atoms with van der Waals surface area (Å²) in [6.45, 7) is 3.61. The van der Waals surface area contributed by atoms with Crippen molar-refractivity contribution in [1.29, 1.82) is 5.26 Å². The van der Waals surface area contributed by atoms with Crippen molar-refractivity contribution in [3.63, 3.8) is 0 Å². The van der Waals surface area contributed by atoms with E-state index in [0.717, 1.165) is 44.0 Å². The average molecular weight is 283 g/mol. The molecule has 0 radical (unpaired) electrons. The topological polar surface area (TPSA) is 78.8 Å². The molecule has 21 heavy (non-hydrogen) atoms. The summed E-state index contributed by atoms with van der Waals surface area (Å²) < 4.78 is 5.02. The molecule has 3 heterocycles. The van der Waals surface area contributed by atoms with Gasteiger partial charge in [0.1, 0.15) is 11.9 Å². The molecule has 0 amide bonds. The van der Waals surface area contributed by atoms with Gasteiger partial charge < -0.3 is 9.42 Å². The second-order valence-corrected chi connectivity index (χ2v) is 5.37. The van der Waals surface area contributed by atoms with E-state index in [9.17, 15) is 5.26 Å². The van der Waals surface area contributed by atoms with Gasteiger partial charge in [0.25, 0.3) is 0 Å². The number of nitriles is 1. The highest BCUT2D eigenvalue weighted by Gasteiger charge is 2.24. The Morgan fingerprint density at radius 3 is 3.19 bits per heavy atom. The van der Waals surface area contributed by atoms with Gasteiger partial charge in [0.2, 0.25) is 5.89 Å². The Kier molecular flexibility index (Phi) is 3.82. The number of rotatable bonds is 3. The van der Waals surface area contributed by atoms with Crippen LogP contribution in [0, 0.1) is 24.2 Å². The molecule has 0 saturated carbocycles. The third-order valence-electron chi connectivity index (χ3n) is 3.77. The molecule has 1 fully saturated rings. The third kappa shape index (κ3) is 3.02. The molecule has 2 aromatic rings. The van der Waals surface area contributed by atoms with Crippen LogP contribution in [0.15, 0.2) is 22.9 Å². The molecule has 1 aliphatic heterocycles. The number of hydrogen-bond acceptors (Lipinski definition) is 6. The lowest BCUT2D eigenvalue weighted by atomic mass is 9.94. The van der Waals surface area contributed by atoms with Crippen LogP contribution in [0.3, 0.4) is 0 Å². The standard InChI is InChI=1S/C15H17N5O/c1-11-18-14(19-21-11)8-12-4-3-7-20(10-12)15-13(9-16)5-2-6-17-15/h2,5-6,12H,3-4,7-8,10H2,1H3. The van der Waals surface area contributed by atoms with Crippen molar-refractivity contribution in [2.45, 2.75) is 26.2 Å². The summed E-state index contributed by atoms with van der Waals surface area (Å²) in [7, 11) is 0. The van der Waals surface area contributed by atoms with Crippen molar-refractivity contribution >= 4 is 5.82 Å². The number of pyridine rings is 1. The van der Waals surface area contributed by atoms with E-state index in [1.54, 1.807) is 19.2 Å². The van der Waals surface area contributed by atoms with E-state index in [4.69, 9.17) is 4.52 Å². The maximum atomic E-state index is 9.20. The summed E-state index contributed by atoms with van der Waals surface area (Å²) in [4.78, 5) is 10.8. The SMILES string of the molecule is Cc1nc(CC2CCCN(c3ncccc3C#N)C2)no1. The second kappa shape index (κ2) is 5.92. The minimum absolute atomic E-state index is 0.462. The summed E-state index contributed by atoms with van der Waals surface area (Å²) in [6, 6.07) is 5.83. The maximum Gasteiger partial charge on any atom is 0.223 e. The van der Waals surface area contributed by atoms with Crippen molar-refractivity contribution in [2.24, 2.45) is 5.92 Å². The highest BCUT2D eigenvalue weighted by Crippen LogP contribution is 2.25. The van der Waals surface area contributed by atoms with Crippen LogP contribution in [0.2, 0.25) is 0 Å². The van der Waals surface area contributed by atoms with E-state index in [1.165, 1.54) is 0 Å². The molecule has 0 aromatic carbocycles. The predicted molar refractivity (Wildman–Crippen MR) is 76.6 cm³/mol. The number of anilines is 1. The van der Waals surface area contributed by atoms with E-state index in [-0.39, 0.29) is 0 Å². The first-order valence-corrected chi connectivity index (χ1v) is 7.15. The Hall–Kier alpha value is -2.42. The van der Waals surface area contributed by atoms with Gasteiger partial charge in [-0.25, -0.2) is 4.98 Å². The second-order valence-electron chi connectivity index (χ2n) is 5.37. The van der Waals surface area contributed by atoms with Crippen LogP contribution in [0.4, 0.5) is 5.82 Å². The Labute approximate surface area is 123 Å². The average Bonchev–Trinajstić information content (AvgIpc) is 2.92. The van der Waals surface area contributed by atoms with Crippen LogP contribution in [0.25, 0.3) is 0 Å². The van der Waals surface area contributed by atoms with Gasteiger partial charge in [-0.2, -0.15) is 10.2 Å². The van der Waals surface area contributed by atoms with E-state index in [0.29, 0.717) is 17.4 Å². The van der Waals surface area contributed by atoms with Crippen LogP contribution >= 0.6 is 0 Å². The first-order valence-electron chi connectivity index (χ1n) is 7.15. The molecule has 0 bridgehead atoms. The zero-order valence-electron chi connectivity index (χ0n) is 12.0. The molecule has 0 spiro atoms. The van der Waals surface area contributed by atoms with Gasteiger partial charge >= 0.3 is 0 Å². The molecule has 6 nitrogen and oxygen atoms in total. The largest absolute Gasteiger partial charge is 0.355 e. The van der Waals surface area contributed by atoms with Crippen LogP contribution in [-0.4, -0.2) is 28.2 Å². The van der Waals surface area contributed by atoms with E-state index < -0.39 is 0 Å². The zero-order chi connectivity index (χ0) is 14.7. The quantitative estimate of drug-likeness (QED) is 0.858.